The summed E-state index contributed by atoms with van der Waals surface area (Å²) in [6.45, 7) is 1.84. The molecule has 0 spiro atoms. The topological polar surface area (TPSA) is 49.6 Å². The van der Waals surface area contributed by atoms with Crippen LogP contribution >= 0.6 is 15.9 Å². The van der Waals surface area contributed by atoms with Crippen molar-refractivity contribution in [3.8, 4) is 17.3 Å². The van der Waals surface area contributed by atoms with Crippen molar-refractivity contribution in [3.05, 3.63) is 46.3 Å². The zero-order valence-electron chi connectivity index (χ0n) is 8.61. The van der Waals surface area contributed by atoms with Crippen molar-refractivity contribution < 1.29 is 0 Å². The largest absolute Gasteiger partial charge is 0.233 e. The van der Waals surface area contributed by atoms with Crippen LogP contribution in [0.5, 0.6) is 0 Å². The Morgan fingerprint density at radius 3 is 2.75 bits per heavy atom. The minimum atomic E-state index is 0.630. The van der Waals surface area contributed by atoms with Gasteiger partial charge >= 0.3 is 0 Å². The van der Waals surface area contributed by atoms with Gasteiger partial charge in [0, 0.05) is 5.56 Å². The van der Waals surface area contributed by atoms with Gasteiger partial charge in [-0.3, -0.25) is 0 Å². The van der Waals surface area contributed by atoms with Crippen molar-refractivity contribution in [2.24, 2.45) is 0 Å². The maximum absolute atomic E-state index is 8.83. The Bertz CT molecular complexity index is 552. The fourth-order valence-corrected chi connectivity index (χ4v) is 1.90. The molecule has 0 bridgehead atoms. The zero-order chi connectivity index (χ0) is 11.5. The number of rotatable bonds is 1. The lowest BCUT2D eigenvalue weighted by molar-refractivity contribution is 1.04. The van der Waals surface area contributed by atoms with E-state index in [2.05, 4.69) is 32.0 Å². The Labute approximate surface area is 102 Å². The molecule has 1 aromatic heterocycles. The number of benzene rings is 1. The summed E-state index contributed by atoms with van der Waals surface area (Å²) in [6, 6.07) is 11.3. The highest BCUT2D eigenvalue weighted by molar-refractivity contribution is 9.10. The third-order valence-corrected chi connectivity index (χ3v) is 2.50. The van der Waals surface area contributed by atoms with Gasteiger partial charge in [-0.15, -0.1) is 0 Å². The van der Waals surface area contributed by atoms with Gasteiger partial charge in [-0.25, -0.2) is 9.97 Å². The highest BCUT2D eigenvalue weighted by Gasteiger charge is 2.03. The van der Waals surface area contributed by atoms with E-state index in [1.807, 2.05) is 31.2 Å². The molecule has 0 radical (unpaired) electrons. The van der Waals surface area contributed by atoms with E-state index in [4.69, 9.17) is 5.26 Å². The van der Waals surface area contributed by atoms with Crippen LogP contribution in [0.3, 0.4) is 0 Å². The van der Waals surface area contributed by atoms with Crippen molar-refractivity contribution >= 4 is 15.9 Å². The van der Waals surface area contributed by atoms with Gasteiger partial charge in [0.15, 0.2) is 0 Å². The Kier molecular flexibility index (Phi) is 2.97. The molecule has 0 atom stereocenters. The number of aromatic nitrogens is 2. The molecule has 0 saturated heterocycles. The van der Waals surface area contributed by atoms with Gasteiger partial charge < -0.3 is 0 Å². The predicted octanol–water partition coefficient (Wildman–Crippen LogP) is 3.09. The highest BCUT2D eigenvalue weighted by Crippen LogP contribution is 2.20. The Morgan fingerprint density at radius 1 is 1.25 bits per heavy atom. The summed E-state index contributed by atoms with van der Waals surface area (Å²) < 4.78 is 0.748. The summed E-state index contributed by atoms with van der Waals surface area (Å²) in [7, 11) is 0. The van der Waals surface area contributed by atoms with Crippen LogP contribution in [-0.4, -0.2) is 9.97 Å². The van der Waals surface area contributed by atoms with Gasteiger partial charge in [0.25, 0.3) is 0 Å². The minimum Gasteiger partial charge on any atom is -0.233 e. The quantitative estimate of drug-likeness (QED) is 0.751. The molecule has 0 unspecified atom stereocenters. The van der Waals surface area contributed by atoms with Gasteiger partial charge in [-0.1, -0.05) is 12.1 Å². The third kappa shape index (κ3) is 2.26. The number of nitriles is 1. The van der Waals surface area contributed by atoms with Gasteiger partial charge in [-0.2, -0.15) is 5.26 Å². The van der Waals surface area contributed by atoms with E-state index in [0.29, 0.717) is 11.4 Å². The van der Waals surface area contributed by atoms with Crippen LogP contribution in [0.1, 0.15) is 11.4 Å². The summed E-state index contributed by atoms with van der Waals surface area (Å²) in [5.74, 6) is 0.701. The monoisotopic (exact) mass is 273 g/mol. The van der Waals surface area contributed by atoms with Gasteiger partial charge in [0.2, 0.25) is 0 Å². The van der Waals surface area contributed by atoms with Crippen LogP contribution in [0.15, 0.2) is 34.9 Å². The fraction of sp³-hybridized carbons (Fsp3) is 0.0833. The Hall–Kier alpha value is -1.73. The Morgan fingerprint density at radius 2 is 2.06 bits per heavy atom. The molecule has 0 saturated carbocycles. The lowest BCUT2D eigenvalue weighted by Crippen LogP contribution is -1.92. The van der Waals surface area contributed by atoms with Crippen molar-refractivity contribution in [2.45, 2.75) is 6.92 Å². The summed E-state index contributed by atoms with van der Waals surface area (Å²) in [4.78, 5) is 8.47. The van der Waals surface area contributed by atoms with E-state index in [0.717, 1.165) is 15.9 Å². The number of aryl methyl sites for hydroxylation is 1. The van der Waals surface area contributed by atoms with Crippen molar-refractivity contribution in [3.63, 3.8) is 0 Å². The van der Waals surface area contributed by atoms with Crippen LogP contribution in [-0.2, 0) is 0 Å². The zero-order valence-corrected chi connectivity index (χ0v) is 10.2. The molecule has 0 aliphatic rings. The highest BCUT2D eigenvalue weighted by atomic mass is 79.9. The molecule has 2 rings (SSSR count). The molecule has 1 heterocycles. The lowest BCUT2D eigenvalue weighted by Gasteiger charge is -2.02. The molecule has 4 heteroatoms. The number of hydrogen-bond acceptors (Lipinski definition) is 3. The standard InChI is InChI=1S/C12H8BrN3/c1-8-15-11(6-12(13)16-8)10-4-2-3-9(5-10)7-14/h2-6H,1H3. The van der Waals surface area contributed by atoms with Crippen molar-refractivity contribution in [1.29, 1.82) is 5.26 Å². The summed E-state index contributed by atoms with van der Waals surface area (Å²) in [5.41, 5.74) is 2.37. The van der Waals surface area contributed by atoms with E-state index in [1.54, 1.807) is 6.07 Å². The maximum atomic E-state index is 8.83. The molecule has 78 valence electrons. The molecule has 16 heavy (non-hydrogen) atoms. The first-order valence-electron chi connectivity index (χ1n) is 4.71. The summed E-state index contributed by atoms with van der Waals surface area (Å²) >= 11 is 3.33. The fourth-order valence-electron chi connectivity index (χ4n) is 1.43. The first-order valence-corrected chi connectivity index (χ1v) is 5.50. The summed E-state index contributed by atoms with van der Waals surface area (Å²) in [6.07, 6.45) is 0. The van der Waals surface area contributed by atoms with Crippen LogP contribution in [0, 0.1) is 18.3 Å². The van der Waals surface area contributed by atoms with E-state index >= 15 is 0 Å². The first-order chi connectivity index (χ1) is 7.69. The average Bonchev–Trinajstić information content (AvgIpc) is 2.28. The predicted molar refractivity (Wildman–Crippen MR) is 64.6 cm³/mol. The van der Waals surface area contributed by atoms with Crippen LogP contribution in [0.4, 0.5) is 0 Å². The second kappa shape index (κ2) is 4.42. The van der Waals surface area contributed by atoms with Gasteiger partial charge in [0.05, 0.1) is 17.3 Å². The van der Waals surface area contributed by atoms with Gasteiger partial charge in [0.1, 0.15) is 10.4 Å². The number of hydrogen-bond donors (Lipinski definition) is 0. The molecule has 0 amide bonds. The van der Waals surface area contributed by atoms with Gasteiger partial charge in [-0.05, 0) is 41.1 Å². The smallest absolute Gasteiger partial charge is 0.127 e. The first kappa shape index (κ1) is 10.8. The Balaban J connectivity index is 2.54. The average molecular weight is 274 g/mol. The second-order valence-corrected chi connectivity index (χ2v) is 4.13. The summed E-state index contributed by atoms with van der Waals surface area (Å²) in [5, 5.41) is 8.83. The SMILES string of the molecule is Cc1nc(Br)cc(-c2cccc(C#N)c2)n1. The van der Waals surface area contributed by atoms with E-state index in [9.17, 15) is 0 Å². The third-order valence-electron chi connectivity index (χ3n) is 2.09. The molecular weight excluding hydrogens is 266 g/mol. The van der Waals surface area contributed by atoms with E-state index < -0.39 is 0 Å². The van der Waals surface area contributed by atoms with Crippen LogP contribution in [0.25, 0.3) is 11.3 Å². The molecule has 3 nitrogen and oxygen atoms in total. The van der Waals surface area contributed by atoms with Crippen LogP contribution < -0.4 is 0 Å². The molecule has 1 aromatic carbocycles. The minimum absolute atomic E-state index is 0.630. The molecule has 0 aliphatic carbocycles. The number of halogens is 1. The van der Waals surface area contributed by atoms with Crippen molar-refractivity contribution in [2.75, 3.05) is 0 Å². The molecule has 0 fully saturated rings. The molecule has 0 aliphatic heterocycles. The second-order valence-electron chi connectivity index (χ2n) is 3.32. The maximum Gasteiger partial charge on any atom is 0.127 e. The lowest BCUT2D eigenvalue weighted by atomic mass is 10.1. The normalized spacial score (nSPS) is 9.81. The van der Waals surface area contributed by atoms with Crippen molar-refractivity contribution in [1.82, 2.24) is 9.97 Å². The number of nitrogens with zero attached hydrogens (tertiary/aromatic N) is 3. The van der Waals surface area contributed by atoms with Crippen LogP contribution in [0.2, 0.25) is 0 Å². The molecule has 2 aromatic rings. The molecular formula is C12H8BrN3. The van der Waals surface area contributed by atoms with E-state index in [-0.39, 0.29) is 0 Å². The molecule has 0 N–H and O–H groups in total. The van der Waals surface area contributed by atoms with E-state index in [1.165, 1.54) is 0 Å².